The van der Waals surface area contributed by atoms with Gasteiger partial charge in [0, 0.05) is 12.6 Å². The Balaban J connectivity index is 1.87. The molecule has 3 rings (SSSR count). The zero-order valence-corrected chi connectivity index (χ0v) is 26.5. The number of hydrogen-bond donors (Lipinski definition) is 1. The quantitative estimate of drug-likeness (QED) is 0.233. The van der Waals surface area contributed by atoms with Gasteiger partial charge in [0.1, 0.15) is 24.9 Å². The molecule has 3 aromatic rings. The summed E-state index contributed by atoms with van der Waals surface area (Å²) in [6.07, 6.45) is 2.08. The Kier molecular flexibility index (Phi) is 12.1. The summed E-state index contributed by atoms with van der Waals surface area (Å²) in [5.74, 6) is -0.301. The number of amides is 2. The minimum atomic E-state index is -3.87. The molecule has 2 atom stereocenters. The maximum Gasteiger partial charge on any atom is 0.244 e. The second kappa shape index (κ2) is 15.3. The molecule has 0 radical (unpaired) electrons. The smallest absolute Gasteiger partial charge is 0.244 e. The van der Waals surface area contributed by atoms with Crippen LogP contribution in [0.4, 0.5) is 5.69 Å². The summed E-state index contributed by atoms with van der Waals surface area (Å²) >= 11 is 12.3. The molecule has 0 saturated heterocycles. The number of carbonyl (C=O) groups is 2. The first-order chi connectivity index (χ1) is 19.9. The Bertz CT molecular complexity index is 1450. The number of halogens is 2. The van der Waals surface area contributed by atoms with Gasteiger partial charge in [-0.05, 0) is 67.3 Å². The number of nitrogens with zero attached hydrogens (tertiary/aromatic N) is 2. The van der Waals surface area contributed by atoms with Gasteiger partial charge in [-0.25, -0.2) is 8.42 Å². The molecule has 0 aliphatic heterocycles. The summed E-state index contributed by atoms with van der Waals surface area (Å²) in [6.45, 7) is 5.53. The maximum atomic E-state index is 13.9. The third-order valence-electron chi connectivity index (χ3n) is 6.78. The van der Waals surface area contributed by atoms with E-state index in [-0.39, 0.29) is 18.5 Å². The molecule has 0 aromatic heterocycles. The van der Waals surface area contributed by atoms with Crippen LogP contribution in [-0.4, -0.2) is 50.0 Å². The summed E-state index contributed by atoms with van der Waals surface area (Å²) < 4.78 is 32.6. The Labute approximate surface area is 258 Å². The normalized spacial score (nSPS) is 12.7. The molecule has 0 bridgehead atoms. The summed E-state index contributed by atoms with van der Waals surface area (Å²) in [5.41, 5.74) is 1.94. The fourth-order valence-electron chi connectivity index (χ4n) is 4.26. The van der Waals surface area contributed by atoms with E-state index in [1.807, 2.05) is 44.2 Å². The van der Waals surface area contributed by atoms with Gasteiger partial charge in [-0.3, -0.25) is 13.9 Å². The number of benzene rings is 3. The molecular weight excluding hydrogens is 597 g/mol. The Hall–Kier alpha value is -3.27. The van der Waals surface area contributed by atoms with Crippen LogP contribution < -0.4 is 14.4 Å². The highest BCUT2D eigenvalue weighted by Gasteiger charge is 2.32. The average molecular weight is 635 g/mol. The standard InChI is InChI=1S/C31H37Cl2N3O5S/c1-5-22(3)34-31(38)29(6-2)35(19-24-12-17-27(32)28(33)18-24)30(37)20-36(42(4,39)40)25-13-15-26(16-14-25)41-21-23-10-8-7-9-11-23/h7-18,22,29H,5-6,19-21H2,1-4H3,(H,34,38)/t22-,29+/m0/s1. The van der Waals surface area contributed by atoms with Gasteiger partial charge in [-0.1, -0.05) is 73.4 Å². The lowest BCUT2D eigenvalue weighted by Crippen LogP contribution is -2.53. The lowest BCUT2D eigenvalue weighted by molar-refractivity contribution is -0.140. The van der Waals surface area contributed by atoms with Gasteiger partial charge < -0.3 is 15.0 Å². The second-order valence-corrected chi connectivity index (χ2v) is 12.8. The molecule has 42 heavy (non-hydrogen) atoms. The summed E-state index contributed by atoms with van der Waals surface area (Å²) in [4.78, 5) is 28.5. The van der Waals surface area contributed by atoms with Crippen LogP contribution in [0.1, 0.15) is 44.7 Å². The van der Waals surface area contributed by atoms with Crippen LogP contribution >= 0.6 is 23.2 Å². The Morgan fingerprint density at radius 2 is 1.57 bits per heavy atom. The summed E-state index contributed by atoms with van der Waals surface area (Å²) in [5, 5.41) is 3.61. The van der Waals surface area contributed by atoms with Gasteiger partial charge in [-0.15, -0.1) is 0 Å². The van der Waals surface area contributed by atoms with E-state index in [4.69, 9.17) is 27.9 Å². The van der Waals surface area contributed by atoms with Crippen molar-refractivity contribution >= 4 is 50.7 Å². The fraction of sp³-hybridized carbons (Fsp3) is 0.355. The molecule has 0 aliphatic rings. The maximum absolute atomic E-state index is 13.9. The SMILES string of the molecule is CC[C@H](C(=O)N[C@@H](C)CC)N(Cc1ccc(Cl)c(Cl)c1)C(=O)CN(c1ccc(OCc2ccccc2)cc1)S(C)(=O)=O. The molecule has 3 aromatic carbocycles. The van der Waals surface area contributed by atoms with Gasteiger partial charge in [0.2, 0.25) is 21.8 Å². The van der Waals surface area contributed by atoms with Gasteiger partial charge in [0.25, 0.3) is 0 Å². The van der Waals surface area contributed by atoms with E-state index in [0.29, 0.717) is 40.1 Å². The number of sulfonamides is 1. The van der Waals surface area contributed by atoms with Crippen LogP contribution in [0.25, 0.3) is 0 Å². The minimum absolute atomic E-state index is 0.0338. The molecule has 2 amide bonds. The molecule has 0 aliphatic carbocycles. The van der Waals surface area contributed by atoms with Crippen molar-refractivity contribution in [1.82, 2.24) is 10.2 Å². The second-order valence-electron chi connectivity index (χ2n) is 10.0. The van der Waals surface area contributed by atoms with Crippen LogP contribution in [0.2, 0.25) is 10.0 Å². The van der Waals surface area contributed by atoms with Crippen LogP contribution in [0.5, 0.6) is 5.75 Å². The molecule has 226 valence electrons. The topological polar surface area (TPSA) is 96.0 Å². The van der Waals surface area contributed by atoms with Crippen molar-refractivity contribution in [2.75, 3.05) is 17.1 Å². The number of ether oxygens (including phenoxy) is 1. The molecule has 8 nitrogen and oxygen atoms in total. The molecule has 0 saturated carbocycles. The average Bonchev–Trinajstić information content (AvgIpc) is 2.96. The highest BCUT2D eigenvalue weighted by Crippen LogP contribution is 2.26. The number of nitrogens with one attached hydrogen (secondary N) is 1. The molecule has 0 fully saturated rings. The highest BCUT2D eigenvalue weighted by atomic mass is 35.5. The van der Waals surface area contributed by atoms with E-state index in [2.05, 4.69) is 5.32 Å². The van der Waals surface area contributed by atoms with Crippen molar-refractivity contribution in [3.63, 3.8) is 0 Å². The van der Waals surface area contributed by atoms with Crippen LogP contribution in [0.15, 0.2) is 72.8 Å². The van der Waals surface area contributed by atoms with E-state index < -0.39 is 28.5 Å². The van der Waals surface area contributed by atoms with Crippen LogP contribution in [0, 0.1) is 0 Å². The Morgan fingerprint density at radius 1 is 0.905 bits per heavy atom. The number of hydrogen-bond acceptors (Lipinski definition) is 5. The predicted octanol–water partition coefficient (Wildman–Crippen LogP) is 6.06. The zero-order valence-electron chi connectivity index (χ0n) is 24.2. The largest absolute Gasteiger partial charge is 0.489 e. The molecule has 0 unspecified atom stereocenters. The van der Waals surface area contributed by atoms with E-state index in [0.717, 1.165) is 22.5 Å². The van der Waals surface area contributed by atoms with Gasteiger partial charge >= 0.3 is 0 Å². The van der Waals surface area contributed by atoms with Crippen LogP contribution in [-0.2, 0) is 32.8 Å². The molecule has 1 N–H and O–H groups in total. The van der Waals surface area contributed by atoms with Crippen molar-refractivity contribution in [2.45, 2.75) is 58.8 Å². The first kappa shape index (κ1) is 33.2. The number of carbonyl (C=O) groups excluding carboxylic acids is 2. The molecular formula is C31H37Cl2N3O5S. The third kappa shape index (κ3) is 9.37. The monoisotopic (exact) mass is 633 g/mol. The van der Waals surface area contributed by atoms with Gasteiger partial charge in [0.05, 0.1) is 22.0 Å². The first-order valence-electron chi connectivity index (χ1n) is 13.7. The minimum Gasteiger partial charge on any atom is -0.489 e. The molecule has 11 heteroatoms. The predicted molar refractivity (Wildman–Crippen MR) is 168 cm³/mol. The van der Waals surface area contributed by atoms with Crippen molar-refractivity contribution in [2.24, 2.45) is 0 Å². The highest BCUT2D eigenvalue weighted by molar-refractivity contribution is 7.92. The molecule has 0 spiro atoms. The first-order valence-corrected chi connectivity index (χ1v) is 16.3. The van der Waals surface area contributed by atoms with Crippen molar-refractivity contribution < 1.29 is 22.7 Å². The van der Waals surface area contributed by atoms with Crippen molar-refractivity contribution in [3.8, 4) is 5.75 Å². The summed E-state index contributed by atoms with van der Waals surface area (Å²) in [6, 6.07) is 20.2. The fourth-order valence-corrected chi connectivity index (χ4v) is 5.43. The number of rotatable bonds is 14. The van der Waals surface area contributed by atoms with E-state index in [1.54, 1.807) is 49.4 Å². The van der Waals surface area contributed by atoms with Gasteiger partial charge in [0.15, 0.2) is 0 Å². The molecule has 0 heterocycles. The van der Waals surface area contributed by atoms with E-state index in [9.17, 15) is 18.0 Å². The van der Waals surface area contributed by atoms with Crippen molar-refractivity contribution in [3.05, 3.63) is 94.0 Å². The Morgan fingerprint density at radius 3 is 2.14 bits per heavy atom. The number of anilines is 1. The van der Waals surface area contributed by atoms with E-state index in [1.165, 1.54) is 4.90 Å². The zero-order chi connectivity index (χ0) is 30.9. The lowest BCUT2D eigenvalue weighted by Gasteiger charge is -2.33. The van der Waals surface area contributed by atoms with Crippen LogP contribution in [0.3, 0.4) is 0 Å². The summed E-state index contributed by atoms with van der Waals surface area (Å²) in [7, 11) is -3.87. The van der Waals surface area contributed by atoms with Gasteiger partial charge in [-0.2, -0.15) is 0 Å². The van der Waals surface area contributed by atoms with Crippen molar-refractivity contribution in [1.29, 1.82) is 0 Å². The third-order valence-corrected chi connectivity index (χ3v) is 8.66. The lowest BCUT2D eigenvalue weighted by atomic mass is 10.1. The van der Waals surface area contributed by atoms with E-state index >= 15 is 0 Å².